The van der Waals surface area contributed by atoms with Gasteiger partial charge < -0.3 is 18.9 Å². The molecule has 0 aromatic rings. The third-order valence-corrected chi connectivity index (χ3v) is 3.06. The van der Waals surface area contributed by atoms with Crippen LogP contribution in [0.4, 0.5) is 0 Å². The lowest BCUT2D eigenvalue weighted by atomic mass is 10.3. The van der Waals surface area contributed by atoms with Crippen LogP contribution in [0.5, 0.6) is 0 Å². The first-order valence-corrected chi connectivity index (χ1v) is 7.84. The summed E-state index contributed by atoms with van der Waals surface area (Å²) in [5.41, 5.74) is 0.297. The SMILES string of the molecule is C=C(C)C(=O)OC(CC([SiH3])OCC)(OCC)OCC. The summed E-state index contributed by atoms with van der Waals surface area (Å²) in [5.74, 6) is -1.89. The van der Waals surface area contributed by atoms with Crippen LogP contribution in [0.25, 0.3) is 0 Å². The molecule has 0 saturated heterocycles. The van der Waals surface area contributed by atoms with Gasteiger partial charge in [-0.15, -0.1) is 0 Å². The molecule has 6 heteroatoms. The van der Waals surface area contributed by atoms with Gasteiger partial charge in [0, 0.05) is 28.1 Å². The van der Waals surface area contributed by atoms with Crippen LogP contribution < -0.4 is 0 Å². The molecule has 5 nitrogen and oxygen atoms in total. The van der Waals surface area contributed by atoms with Crippen LogP contribution in [0.3, 0.4) is 0 Å². The summed E-state index contributed by atoms with van der Waals surface area (Å²) in [6.45, 7) is 12.1. The van der Waals surface area contributed by atoms with Gasteiger partial charge >= 0.3 is 11.9 Å². The second-order valence-corrected chi connectivity index (χ2v) is 5.48. The van der Waals surface area contributed by atoms with Gasteiger partial charge in [-0.25, -0.2) is 4.79 Å². The molecular weight excluding hydrogens is 264 g/mol. The van der Waals surface area contributed by atoms with E-state index in [9.17, 15) is 4.79 Å². The molecule has 1 atom stereocenters. The second-order valence-electron chi connectivity index (χ2n) is 4.19. The summed E-state index contributed by atoms with van der Waals surface area (Å²) >= 11 is 0. The van der Waals surface area contributed by atoms with Crippen molar-refractivity contribution < 1.29 is 23.7 Å². The van der Waals surface area contributed by atoms with Crippen molar-refractivity contribution in [3.8, 4) is 0 Å². The van der Waals surface area contributed by atoms with Gasteiger partial charge in [0.05, 0.1) is 19.6 Å². The Morgan fingerprint density at radius 3 is 2.11 bits per heavy atom. The molecular formula is C13H26O5Si. The van der Waals surface area contributed by atoms with Crippen molar-refractivity contribution in [2.24, 2.45) is 0 Å². The summed E-state index contributed by atoms with van der Waals surface area (Å²) in [4.78, 5) is 11.7. The molecule has 0 radical (unpaired) electrons. The Kier molecular flexibility index (Phi) is 8.91. The van der Waals surface area contributed by atoms with Gasteiger partial charge in [-0.2, -0.15) is 0 Å². The minimum atomic E-state index is -1.37. The fraction of sp³-hybridized carbons (Fsp3) is 0.769. The first-order chi connectivity index (χ1) is 8.90. The Morgan fingerprint density at radius 1 is 1.21 bits per heavy atom. The van der Waals surface area contributed by atoms with Crippen LogP contribution in [0.2, 0.25) is 0 Å². The molecule has 1 unspecified atom stereocenters. The van der Waals surface area contributed by atoms with E-state index in [1.165, 1.54) is 0 Å². The summed E-state index contributed by atoms with van der Waals surface area (Å²) in [6.07, 6.45) is 0.369. The highest BCUT2D eigenvalue weighted by atomic mass is 28.1. The smallest absolute Gasteiger partial charge is 0.337 e. The lowest BCUT2D eigenvalue weighted by molar-refractivity contribution is -0.365. The quantitative estimate of drug-likeness (QED) is 0.259. The standard InChI is InChI=1S/C13H26O5Si/c1-6-15-11(19)9-13(16-7-2,17-8-3)18-12(14)10(4)5/h11H,4,6-9H2,1-3,5,19H3. The number of hydrogen-bond donors (Lipinski definition) is 0. The van der Waals surface area contributed by atoms with Crippen molar-refractivity contribution in [1.82, 2.24) is 0 Å². The van der Waals surface area contributed by atoms with Crippen molar-refractivity contribution in [3.63, 3.8) is 0 Å². The number of hydrogen-bond acceptors (Lipinski definition) is 5. The summed E-state index contributed by atoms with van der Waals surface area (Å²) < 4.78 is 22.0. The van der Waals surface area contributed by atoms with Crippen molar-refractivity contribution in [1.29, 1.82) is 0 Å². The molecule has 0 spiro atoms. The Balaban J connectivity index is 4.94. The Hall–Kier alpha value is -0.693. The molecule has 0 saturated carbocycles. The van der Waals surface area contributed by atoms with Gasteiger partial charge in [0.25, 0.3) is 0 Å². The van der Waals surface area contributed by atoms with E-state index in [0.29, 0.717) is 31.8 Å². The van der Waals surface area contributed by atoms with Gasteiger partial charge in [-0.3, -0.25) is 0 Å². The van der Waals surface area contributed by atoms with Crippen molar-refractivity contribution in [3.05, 3.63) is 12.2 Å². The highest BCUT2D eigenvalue weighted by Crippen LogP contribution is 2.24. The van der Waals surface area contributed by atoms with E-state index < -0.39 is 11.9 Å². The molecule has 0 aliphatic heterocycles. The summed E-state index contributed by atoms with van der Waals surface area (Å²) in [5, 5.41) is 0. The third-order valence-electron chi connectivity index (χ3n) is 2.31. The molecule has 0 aliphatic carbocycles. The Bertz CT molecular complexity index is 287. The van der Waals surface area contributed by atoms with Gasteiger partial charge in [0.15, 0.2) is 0 Å². The maximum absolute atomic E-state index is 11.7. The van der Waals surface area contributed by atoms with Crippen LogP contribution in [0, 0.1) is 0 Å². The van der Waals surface area contributed by atoms with E-state index in [2.05, 4.69) is 6.58 Å². The molecule has 0 rings (SSSR count). The van der Waals surface area contributed by atoms with Crippen molar-refractivity contribution in [2.45, 2.75) is 45.8 Å². The lowest BCUT2D eigenvalue weighted by Gasteiger charge is -2.33. The van der Waals surface area contributed by atoms with E-state index >= 15 is 0 Å². The highest BCUT2D eigenvalue weighted by molar-refractivity contribution is 6.11. The molecule has 0 fully saturated rings. The fourth-order valence-corrected chi connectivity index (χ4v) is 2.46. The first kappa shape index (κ1) is 18.3. The maximum Gasteiger partial charge on any atom is 0.337 e. The van der Waals surface area contributed by atoms with Crippen LogP contribution in [0.1, 0.15) is 34.1 Å². The topological polar surface area (TPSA) is 54.0 Å². The molecule has 19 heavy (non-hydrogen) atoms. The van der Waals surface area contributed by atoms with Crippen molar-refractivity contribution >= 4 is 16.2 Å². The molecule has 0 amide bonds. The molecule has 0 aromatic heterocycles. The summed E-state index contributed by atoms with van der Waals surface area (Å²) in [7, 11) is 0.795. The van der Waals surface area contributed by atoms with Crippen LogP contribution in [-0.4, -0.2) is 47.7 Å². The second kappa shape index (κ2) is 9.25. The van der Waals surface area contributed by atoms with E-state index in [-0.39, 0.29) is 5.73 Å². The fourth-order valence-electron chi connectivity index (χ4n) is 1.62. The van der Waals surface area contributed by atoms with Gasteiger partial charge in [0.1, 0.15) is 0 Å². The zero-order valence-corrected chi connectivity index (χ0v) is 14.7. The number of esters is 1. The molecule has 0 aliphatic rings. The van der Waals surface area contributed by atoms with Crippen LogP contribution in [-0.2, 0) is 23.7 Å². The van der Waals surface area contributed by atoms with E-state index in [1.54, 1.807) is 6.92 Å². The third kappa shape index (κ3) is 6.86. The zero-order chi connectivity index (χ0) is 14.9. The first-order valence-electron chi connectivity index (χ1n) is 6.69. The Labute approximate surface area is 118 Å². The Morgan fingerprint density at radius 2 is 1.74 bits per heavy atom. The molecule has 112 valence electrons. The molecule has 0 aromatic carbocycles. The van der Waals surface area contributed by atoms with Gasteiger partial charge in [-0.05, 0) is 27.7 Å². The molecule has 0 N–H and O–H groups in total. The van der Waals surface area contributed by atoms with Crippen LogP contribution in [0.15, 0.2) is 12.2 Å². The lowest BCUT2D eigenvalue weighted by Crippen LogP contribution is -2.45. The predicted molar refractivity (Wildman–Crippen MR) is 76.9 cm³/mol. The van der Waals surface area contributed by atoms with Gasteiger partial charge in [0.2, 0.25) is 0 Å². The predicted octanol–water partition coefficient (Wildman–Crippen LogP) is 0.951. The van der Waals surface area contributed by atoms with Gasteiger partial charge in [-0.1, -0.05) is 6.58 Å². The molecule has 0 heterocycles. The number of ether oxygens (including phenoxy) is 4. The van der Waals surface area contributed by atoms with E-state index in [0.717, 1.165) is 10.2 Å². The number of rotatable bonds is 10. The average Bonchev–Trinajstić information content (AvgIpc) is 2.29. The number of carbonyl (C=O) groups excluding carboxylic acids is 1. The molecule has 0 bridgehead atoms. The number of carbonyl (C=O) groups is 1. The average molecular weight is 290 g/mol. The maximum atomic E-state index is 11.7. The van der Waals surface area contributed by atoms with E-state index in [1.807, 2.05) is 20.8 Å². The minimum Gasteiger partial charge on any atom is -0.404 e. The van der Waals surface area contributed by atoms with E-state index in [4.69, 9.17) is 18.9 Å². The highest BCUT2D eigenvalue weighted by Gasteiger charge is 2.38. The largest absolute Gasteiger partial charge is 0.404 e. The minimum absolute atomic E-state index is 0.0129. The normalized spacial score (nSPS) is 13.3. The van der Waals surface area contributed by atoms with Crippen molar-refractivity contribution in [2.75, 3.05) is 19.8 Å². The van der Waals surface area contributed by atoms with Crippen LogP contribution >= 0.6 is 0 Å². The zero-order valence-electron chi connectivity index (χ0n) is 12.7. The monoisotopic (exact) mass is 290 g/mol. The summed E-state index contributed by atoms with van der Waals surface area (Å²) in [6, 6.07) is 0.